The molecule has 0 unspecified atom stereocenters. The van der Waals surface area contributed by atoms with Crippen molar-refractivity contribution in [3.63, 3.8) is 0 Å². The number of rotatable bonds is 4. The van der Waals surface area contributed by atoms with Gasteiger partial charge in [-0.1, -0.05) is 0 Å². The summed E-state index contributed by atoms with van der Waals surface area (Å²) in [6, 6.07) is 9.52. The molecule has 1 saturated heterocycles. The fraction of sp³-hybridized carbons (Fsp3) is 0.278. The van der Waals surface area contributed by atoms with Crippen LogP contribution in [0, 0.1) is 0 Å². The number of nitrogens with one attached hydrogen (secondary N) is 1. The molecule has 2 aromatic heterocycles. The Kier molecular flexibility index (Phi) is 4.58. The van der Waals surface area contributed by atoms with E-state index in [1.807, 2.05) is 29.2 Å². The lowest BCUT2D eigenvalue weighted by molar-refractivity contribution is -0.917. The van der Waals surface area contributed by atoms with Gasteiger partial charge in [-0.05, 0) is 41.1 Å². The van der Waals surface area contributed by atoms with E-state index in [1.165, 1.54) is 16.9 Å². The molecule has 6 nitrogen and oxygen atoms in total. The summed E-state index contributed by atoms with van der Waals surface area (Å²) in [7, 11) is 0. The maximum atomic E-state index is 12.7. The van der Waals surface area contributed by atoms with E-state index in [-0.39, 0.29) is 5.91 Å². The van der Waals surface area contributed by atoms with Crippen molar-refractivity contribution in [2.24, 2.45) is 0 Å². The Bertz CT molecular complexity index is 807. The van der Waals surface area contributed by atoms with Crippen LogP contribution in [0.4, 0.5) is 0 Å². The number of nitrogens with zero attached hydrogens (tertiary/aromatic N) is 3. The highest BCUT2D eigenvalue weighted by Crippen LogP contribution is 2.17. The smallest absolute Gasteiger partial charge is 0.254 e. The molecule has 7 heteroatoms. The third-order valence-electron chi connectivity index (χ3n) is 4.53. The zero-order chi connectivity index (χ0) is 17.1. The minimum atomic E-state index is 0.0895. The van der Waals surface area contributed by atoms with Crippen molar-refractivity contribution in [3.05, 3.63) is 58.6 Å². The number of aromatic nitrogens is 2. The summed E-state index contributed by atoms with van der Waals surface area (Å²) >= 11 is 1.74. The van der Waals surface area contributed by atoms with Crippen LogP contribution in [0.5, 0.6) is 0 Å². The third kappa shape index (κ3) is 3.62. The van der Waals surface area contributed by atoms with Crippen LogP contribution in [0.15, 0.2) is 51.9 Å². The Balaban J connectivity index is 1.35. The minimum absolute atomic E-state index is 0.0895. The number of carbonyl (C=O) groups excluding carboxylic acids is 1. The fourth-order valence-electron chi connectivity index (χ4n) is 3.12. The zero-order valence-corrected chi connectivity index (χ0v) is 14.5. The SMILES string of the molecule is O=C(c1ccc(-c2nnco2)cc1)N1CC[NH+](Cc2ccsc2)CC1. The quantitative estimate of drug-likeness (QED) is 0.767. The molecule has 0 radical (unpaired) electrons. The molecule has 1 aromatic carbocycles. The Morgan fingerprint density at radius 3 is 2.64 bits per heavy atom. The van der Waals surface area contributed by atoms with Gasteiger partial charge in [-0.3, -0.25) is 4.79 Å². The summed E-state index contributed by atoms with van der Waals surface area (Å²) in [6.45, 7) is 4.61. The standard InChI is InChI=1S/C18H18N4O2S/c23-18(16-3-1-15(2-4-16)17-20-19-13-24-17)22-8-6-21(7-9-22)11-14-5-10-25-12-14/h1-5,10,12-13H,6-9,11H2/p+1. The van der Waals surface area contributed by atoms with Crippen LogP contribution in [-0.4, -0.2) is 47.2 Å². The highest BCUT2D eigenvalue weighted by Gasteiger charge is 2.24. The van der Waals surface area contributed by atoms with Crippen LogP contribution in [0.25, 0.3) is 11.5 Å². The number of quaternary nitrogens is 1. The Morgan fingerprint density at radius 2 is 2.00 bits per heavy atom. The topological polar surface area (TPSA) is 63.7 Å². The molecule has 128 valence electrons. The minimum Gasteiger partial charge on any atom is -0.423 e. The number of carbonyl (C=O) groups is 1. The number of hydrogen-bond donors (Lipinski definition) is 1. The van der Waals surface area contributed by atoms with Gasteiger partial charge in [0.05, 0.1) is 26.2 Å². The van der Waals surface area contributed by atoms with Crippen LogP contribution in [0.1, 0.15) is 15.9 Å². The Labute approximate surface area is 149 Å². The van der Waals surface area contributed by atoms with Crippen LogP contribution in [-0.2, 0) is 6.54 Å². The van der Waals surface area contributed by atoms with Gasteiger partial charge < -0.3 is 14.2 Å². The number of thiophene rings is 1. The third-order valence-corrected chi connectivity index (χ3v) is 5.26. The first-order valence-corrected chi connectivity index (χ1v) is 9.24. The summed E-state index contributed by atoms with van der Waals surface area (Å²) < 4.78 is 5.17. The lowest BCUT2D eigenvalue weighted by atomic mass is 10.1. The molecule has 1 aliphatic rings. The van der Waals surface area contributed by atoms with Crippen molar-refractivity contribution in [1.82, 2.24) is 15.1 Å². The van der Waals surface area contributed by atoms with Crippen LogP contribution in [0.3, 0.4) is 0 Å². The van der Waals surface area contributed by atoms with E-state index >= 15 is 0 Å². The maximum Gasteiger partial charge on any atom is 0.254 e. The average molecular weight is 355 g/mol. The molecule has 0 atom stereocenters. The van der Waals surface area contributed by atoms with Crippen molar-refractivity contribution in [3.8, 4) is 11.5 Å². The van der Waals surface area contributed by atoms with E-state index in [0.717, 1.165) is 38.3 Å². The van der Waals surface area contributed by atoms with Crippen LogP contribution in [0.2, 0.25) is 0 Å². The normalized spacial score (nSPS) is 15.4. The van der Waals surface area contributed by atoms with Gasteiger partial charge >= 0.3 is 0 Å². The van der Waals surface area contributed by atoms with Gasteiger partial charge in [0, 0.05) is 16.7 Å². The average Bonchev–Trinajstić information content (AvgIpc) is 3.36. The van der Waals surface area contributed by atoms with Crippen molar-refractivity contribution in [2.45, 2.75) is 6.54 Å². The lowest BCUT2D eigenvalue weighted by Crippen LogP contribution is -3.13. The predicted molar refractivity (Wildman–Crippen MR) is 94.4 cm³/mol. The Morgan fingerprint density at radius 1 is 1.20 bits per heavy atom. The molecular weight excluding hydrogens is 336 g/mol. The largest absolute Gasteiger partial charge is 0.423 e. The van der Waals surface area contributed by atoms with E-state index in [2.05, 4.69) is 27.0 Å². The molecule has 0 aliphatic carbocycles. The van der Waals surface area contributed by atoms with E-state index < -0.39 is 0 Å². The lowest BCUT2D eigenvalue weighted by Gasteiger charge is -2.32. The van der Waals surface area contributed by atoms with Crippen molar-refractivity contribution in [2.75, 3.05) is 26.2 Å². The first kappa shape index (κ1) is 16.0. The van der Waals surface area contributed by atoms with E-state index in [4.69, 9.17) is 4.42 Å². The molecule has 25 heavy (non-hydrogen) atoms. The molecule has 0 saturated carbocycles. The van der Waals surface area contributed by atoms with E-state index in [9.17, 15) is 4.79 Å². The molecule has 0 bridgehead atoms. The first-order chi connectivity index (χ1) is 12.3. The number of benzene rings is 1. The second-order valence-electron chi connectivity index (χ2n) is 6.17. The van der Waals surface area contributed by atoms with Crippen molar-refractivity contribution in [1.29, 1.82) is 0 Å². The zero-order valence-electron chi connectivity index (χ0n) is 13.7. The maximum absolute atomic E-state index is 12.7. The second-order valence-corrected chi connectivity index (χ2v) is 6.95. The van der Waals surface area contributed by atoms with Gasteiger partial charge in [0.25, 0.3) is 5.91 Å². The molecule has 1 N–H and O–H groups in total. The van der Waals surface area contributed by atoms with E-state index in [1.54, 1.807) is 11.3 Å². The van der Waals surface area contributed by atoms with Crippen LogP contribution < -0.4 is 4.90 Å². The van der Waals surface area contributed by atoms with Gasteiger partial charge in [-0.25, -0.2) is 0 Å². The van der Waals surface area contributed by atoms with Gasteiger partial charge in [0.15, 0.2) is 0 Å². The molecule has 0 spiro atoms. The number of amides is 1. The summed E-state index contributed by atoms with van der Waals surface area (Å²) in [5, 5.41) is 11.9. The number of piperazine rings is 1. The van der Waals surface area contributed by atoms with Gasteiger partial charge in [0.1, 0.15) is 6.54 Å². The molecule has 3 aromatic rings. The second kappa shape index (κ2) is 7.16. The summed E-state index contributed by atoms with van der Waals surface area (Å²) in [5.74, 6) is 0.552. The summed E-state index contributed by atoms with van der Waals surface area (Å²) in [5.41, 5.74) is 2.90. The first-order valence-electron chi connectivity index (χ1n) is 8.30. The number of hydrogen-bond acceptors (Lipinski definition) is 5. The molecule has 1 fully saturated rings. The molecule has 1 amide bonds. The highest BCUT2D eigenvalue weighted by atomic mass is 32.1. The summed E-state index contributed by atoms with van der Waals surface area (Å²) in [4.78, 5) is 16.2. The molecule has 4 rings (SSSR count). The Hall–Kier alpha value is -2.51. The fourth-order valence-corrected chi connectivity index (χ4v) is 3.79. The molecular formula is C18H19N4O2S+. The van der Waals surface area contributed by atoms with Gasteiger partial charge in [-0.2, -0.15) is 11.3 Å². The van der Waals surface area contributed by atoms with Crippen molar-refractivity contribution >= 4 is 17.2 Å². The molecule has 1 aliphatic heterocycles. The predicted octanol–water partition coefficient (Wildman–Crippen LogP) is 1.34. The van der Waals surface area contributed by atoms with Crippen LogP contribution >= 0.6 is 11.3 Å². The van der Waals surface area contributed by atoms with E-state index in [0.29, 0.717) is 11.5 Å². The van der Waals surface area contributed by atoms with Gasteiger partial charge in [0.2, 0.25) is 12.3 Å². The van der Waals surface area contributed by atoms with Gasteiger partial charge in [-0.15, -0.1) is 10.2 Å². The molecule has 3 heterocycles. The summed E-state index contributed by atoms with van der Waals surface area (Å²) in [6.07, 6.45) is 1.30. The van der Waals surface area contributed by atoms with Crippen molar-refractivity contribution < 1.29 is 14.1 Å². The monoisotopic (exact) mass is 355 g/mol. The highest BCUT2D eigenvalue weighted by molar-refractivity contribution is 7.07.